The van der Waals surface area contributed by atoms with Crippen LogP contribution in [0.5, 0.6) is 0 Å². The number of carbonyl (C=O) groups excluding carboxylic acids is 1. The minimum absolute atomic E-state index is 0.0161. The van der Waals surface area contributed by atoms with Gasteiger partial charge in [0.2, 0.25) is 0 Å². The Morgan fingerprint density at radius 1 is 1.21 bits per heavy atom. The largest absolute Gasteiger partial charge is 0.464 e. The van der Waals surface area contributed by atoms with Crippen LogP contribution in [0.3, 0.4) is 0 Å². The van der Waals surface area contributed by atoms with Crippen LogP contribution in [-0.4, -0.2) is 35.1 Å². The van der Waals surface area contributed by atoms with Crippen molar-refractivity contribution in [3.8, 4) is 0 Å². The normalized spacial score (nSPS) is 23.9. The second kappa shape index (κ2) is 6.25. The molecule has 19 heavy (non-hydrogen) atoms. The fraction of sp³-hybridized carbons (Fsp3) is 0.938. The van der Waals surface area contributed by atoms with Crippen molar-refractivity contribution >= 4 is 5.97 Å². The highest BCUT2D eigenvalue weighted by Crippen LogP contribution is 2.37. The third-order valence-corrected chi connectivity index (χ3v) is 4.61. The van der Waals surface area contributed by atoms with E-state index in [1.807, 2.05) is 13.8 Å². The number of hydrogen-bond acceptors (Lipinski definition) is 3. The lowest BCUT2D eigenvalue weighted by atomic mass is 9.80. The standard InChI is InChI=1S/C16H31NO2/c1-7-13(2)14(18)19-12-11-17-15(3,4)9-8-10-16(17,5)6/h13H,7-12H2,1-6H3. The van der Waals surface area contributed by atoms with Crippen molar-refractivity contribution in [1.29, 1.82) is 0 Å². The molecule has 1 saturated heterocycles. The summed E-state index contributed by atoms with van der Waals surface area (Å²) in [7, 11) is 0. The smallest absolute Gasteiger partial charge is 0.308 e. The Bertz CT molecular complexity index is 294. The van der Waals surface area contributed by atoms with Gasteiger partial charge in [-0.05, 0) is 53.4 Å². The van der Waals surface area contributed by atoms with E-state index in [0.717, 1.165) is 13.0 Å². The topological polar surface area (TPSA) is 29.5 Å². The number of nitrogens with zero attached hydrogens (tertiary/aromatic N) is 1. The van der Waals surface area contributed by atoms with Gasteiger partial charge in [0, 0.05) is 17.6 Å². The Labute approximate surface area is 118 Å². The molecule has 1 fully saturated rings. The van der Waals surface area contributed by atoms with E-state index < -0.39 is 0 Å². The molecule has 0 N–H and O–H groups in total. The van der Waals surface area contributed by atoms with E-state index in [0.29, 0.717) is 6.61 Å². The van der Waals surface area contributed by atoms with E-state index in [4.69, 9.17) is 4.74 Å². The Morgan fingerprint density at radius 2 is 1.74 bits per heavy atom. The third kappa shape index (κ3) is 4.20. The number of hydrogen-bond donors (Lipinski definition) is 0. The lowest BCUT2D eigenvalue weighted by Crippen LogP contribution is -2.59. The number of piperidine rings is 1. The Kier molecular flexibility index (Phi) is 5.43. The zero-order chi connectivity index (χ0) is 14.7. The van der Waals surface area contributed by atoms with Crippen LogP contribution in [0.15, 0.2) is 0 Å². The molecule has 0 amide bonds. The number of rotatable bonds is 5. The lowest BCUT2D eigenvalue weighted by Gasteiger charge is -2.52. The first-order valence-electron chi connectivity index (χ1n) is 7.65. The van der Waals surface area contributed by atoms with Crippen molar-refractivity contribution in [2.75, 3.05) is 13.2 Å². The quantitative estimate of drug-likeness (QED) is 0.714. The van der Waals surface area contributed by atoms with Crippen LogP contribution < -0.4 is 0 Å². The fourth-order valence-corrected chi connectivity index (χ4v) is 3.19. The molecule has 1 heterocycles. The van der Waals surface area contributed by atoms with Gasteiger partial charge >= 0.3 is 5.97 Å². The van der Waals surface area contributed by atoms with Crippen LogP contribution in [0, 0.1) is 5.92 Å². The van der Waals surface area contributed by atoms with Gasteiger partial charge in [0.25, 0.3) is 0 Å². The van der Waals surface area contributed by atoms with E-state index in [2.05, 4.69) is 32.6 Å². The molecule has 0 bridgehead atoms. The van der Waals surface area contributed by atoms with Crippen molar-refractivity contribution in [3.05, 3.63) is 0 Å². The van der Waals surface area contributed by atoms with Crippen molar-refractivity contribution in [2.45, 2.75) is 78.3 Å². The molecule has 1 aliphatic rings. The molecule has 0 aromatic rings. The lowest BCUT2D eigenvalue weighted by molar-refractivity contribution is -0.150. The van der Waals surface area contributed by atoms with Crippen LogP contribution in [0.4, 0.5) is 0 Å². The monoisotopic (exact) mass is 269 g/mol. The maximum Gasteiger partial charge on any atom is 0.308 e. The molecule has 0 aliphatic carbocycles. The zero-order valence-electron chi connectivity index (χ0n) is 13.6. The molecule has 0 aromatic carbocycles. The molecule has 112 valence electrons. The van der Waals surface area contributed by atoms with Gasteiger partial charge in [0.05, 0.1) is 5.92 Å². The Morgan fingerprint density at radius 3 is 2.21 bits per heavy atom. The Balaban J connectivity index is 2.52. The molecule has 3 heteroatoms. The van der Waals surface area contributed by atoms with Crippen molar-refractivity contribution < 1.29 is 9.53 Å². The zero-order valence-corrected chi connectivity index (χ0v) is 13.6. The highest BCUT2D eigenvalue weighted by Gasteiger charge is 2.40. The number of carbonyl (C=O) groups is 1. The van der Waals surface area contributed by atoms with Gasteiger partial charge in [-0.1, -0.05) is 13.8 Å². The van der Waals surface area contributed by atoms with Gasteiger partial charge in [-0.15, -0.1) is 0 Å². The van der Waals surface area contributed by atoms with Gasteiger partial charge in [0.1, 0.15) is 6.61 Å². The molecule has 1 unspecified atom stereocenters. The molecule has 0 saturated carbocycles. The predicted molar refractivity (Wildman–Crippen MR) is 79.1 cm³/mol. The summed E-state index contributed by atoms with van der Waals surface area (Å²) in [6.07, 6.45) is 4.56. The van der Waals surface area contributed by atoms with E-state index in [9.17, 15) is 4.79 Å². The van der Waals surface area contributed by atoms with Crippen LogP contribution >= 0.6 is 0 Å². The third-order valence-electron chi connectivity index (χ3n) is 4.61. The van der Waals surface area contributed by atoms with Gasteiger partial charge < -0.3 is 4.74 Å². The first-order valence-corrected chi connectivity index (χ1v) is 7.65. The van der Waals surface area contributed by atoms with Crippen molar-refractivity contribution in [3.63, 3.8) is 0 Å². The SMILES string of the molecule is CCC(C)C(=O)OCCN1C(C)(C)CCCC1(C)C. The maximum atomic E-state index is 11.7. The first kappa shape index (κ1) is 16.5. The van der Waals surface area contributed by atoms with Gasteiger partial charge in [-0.3, -0.25) is 9.69 Å². The molecule has 0 radical (unpaired) electrons. The highest BCUT2D eigenvalue weighted by molar-refractivity contribution is 5.71. The summed E-state index contributed by atoms with van der Waals surface area (Å²) < 4.78 is 5.40. The van der Waals surface area contributed by atoms with Crippen LogP contribution in [0.2, 0.25) is 0 Å². The average Bonchev–Trinajstić information content (AvgIpc) is 2.30. The average molecular weight is 269 g/mol. The Hall–Kier alpha value is -0.570. The number of esters is 1. The summed E-state index contributed by atoms with van der Waals surface area (Å²) in [5.74, 6) is -0.0440. The molecule has 0 aromatic heterocycles. The number of likely N-dealkylation sites (tertiary alicyclic amines) is 1. The van der Waals surface area contributed by atoms with E-state index in [1.165, 1.54) is 19.3 Å². The second-order valence-corrected chi connectivity index (χ2v) is 7.11. The number of ether oxygens (including phenoxy) is 1. The van der Waals surface area contributed by atoms with Gasteiger partial charge in [0.15, 0.2) is 0 Å². The molecule has 1 aliphatic heterocycles. The fourth-order valence-electron chi connectivity index (χ4n) is 3.19. The van der Waals surface area contributed by atoms with E-state index in [-0.39, 0.29) is 23.0 Å². The van der Waals surface area contributed by atoms with Crippen LogP contribution in [0.1, 0.15) is 67.2 Å². The molecule has 0 spiro atoms. The summed E-state index contributed by atoms with van der Waals surface area (Å²) in [4.78, 5) is 14.2. The summed E-state index contributed by atoms with van der Waals surface area (Å²) in [6.45, 7) is 14.5. The van der Waals surface area contributed by atoms with Crippen molar-refractivity contribution in [2.24, 2.45) is 5.92 Å². The van der Waals surface area contributed by atoms with Gasteiger partial charge in [-0.2, -0.15) is 0 Å². The molecular formula is C16H31NO2. The maximum absolute atomic E-state index is 11.7. The van der Waals surface area contributed by atoms with Crippen molar-refractivity contribution in [1.82, 2.24) is 4.90 Å². The minimum atomic E-state index is -0.0601. The first-order chi connectivity index (χ1) is 8.70. The summed E-state index contributed by atoms with van der Waals surface area (Å²) in [6, 6.07) is 0. The van der Waals surface area contributed by atoms with Crippen LogP contribution in [0.25, 0.3) is 0 Å². The van der Waals surface area contributed by atoms with E-state index >= 15 is 0 Å². The molecular weight excluding hydrogens is 238 g/mol. The minimum Gasteiger partial charge on any atom is -0.464 e. The van der Waals surface area contributed by atoms with Crippen LogP contribution in [-0.2, 0) is 9.53 Å². The predicted octanol–water partition coefficient (Wildman–Crippen LogP) is 3.62. The summed E-state index contributed by atoms with van der Waals surface area (Å²) >= 11 is 0. The molecule has 1 atom stereocenters. The van der Waals surface area contributed by atoms with E-state index in [1.54, 1.807) is 0 Å². The second-order valence-electron chi connectivity index (χ2n) is 7.11. The molecule has 1 rings (SSSR count). The highest BCUT2D eigenvalue weighted by atomic mass is 16.5. The molecule has 3 nitrogen and oxygen atoms in total. The van der Waals surface area contributed by atoms with Gasteiger partial charge in [-0.25, -0.2) is 0 Å². The summed E-state index contributed by atoms with van der Waals surface area (Å²) in [5.41, 5.74) is 0.398. The summed E-state index contributed by atoms with van der Waals surface area (Å²) in [5, 5.41) is 0.